The Labute approximate surface area is 89.6 Å². The van der Waals surface area contributed by atoms with Crippen LogP contribution >= 0.6 is 0 Å². The zero-order valence-corrected chi connectivity index (χ0v) is 8.85. The summed E-state index contributed by atoms with van der Waals surface area (Å²) in [5, 5.41) is 0. The minimum atomic E-state index is 0.159. The number of guanidine groups is 1. The van der Waals surface area contributed by atoms with E-state index in [0.717, 1.165) is 13.2 Å². The highest BCUT2D eigenvalue weighted by atomic mass is 16.5. The van der Waals surface area contributed by atoms with E-state index in [1.165, 1.54) is 19.4 Å². The SMILES string of the molecule is NNC(N)=NCC1CN2CCCC2CO1. The summed E-state index contributed by atoms with van der Waals surface area (Å²) in [6, 6.07) is 0.634. The summed E-state index contributed by atoms with van der Waals surface area (Å²) >= 11 is 0. The van der Waals surface area contributed by atoms with Gasteiger partial charge in [0.1, 0.15) is 0 Å². The number of aliphatic imine (C=N–C) groups is 1. The second kappa shape index (κ2) is 4.78. The van der Waals surface area contributed by atoms with Crippen molar-refractivity contribution in [2.45, 2.75) is 25.0 Å². The molecule has 2 fully saturated rings. The van der Waals surface area contributed by atoms with E-state index in [-0.39, 0.29) is 12.1 Å². The van der Waals surface area contributed by atoms with Crippen molar-refractivity contribution in [3.05, 3.63) is 0 Å². The van der Waals surface area contributed by atoms with E-state index in [4.69, 9.17) is 16.3 Å². The fraction of sp³-hybridized carbons (Fsp3) is 0.889. The zero-order valence-electron chi connectivity index (χ0n) is 8.85. The standard InChI is InChI=1S/C9H19N5O/c10-9(13-11)12-4-8-5-14-3-1-2-7(14)6-15-8/h7-8H,1-6,11H2,(H3,10,12,13). The molecule has 6 heteroatoms. The van der Waals surface area contributed by atoms with Crippen molar-refractivity contribution in [3.8, 4) is 0 Å². The second-order valence-electron chi connectivity index (χ2n) is 4.12. The maximum Gasteiger partial charge on any atom is 0.203 e. The van der Waals surface area contributed by atoms with E-state index in [1.54, 1.807) is 0 Å². The molecule has 86 valence electrons. The Morgan fingerprint density at radius 1 is 1.60 bits per heavy atom. The van der Waals surface area contributed by atoms with Crippen LogP contribution in [0.3, 0.4) is 0 Å². The number of ether oxygens (including phenoxy) is 1. The van der Waals surface area contributed by atoms with Gasteiger partial charge in [-0.15, -0.1) is 0 Å². The van der Waals surface area contributed by atoms with Gasteiger partial charge in [0.15, 0.2) is 0 Å². The number of nitrogens with two attached hydrogens (primary N) is 2. The third-order valence-corrected chi connectivity index (χ3v) is 3.07. The van der Waals surface area contributed by atoms with Crippen LogP contribution in [0.25, 0.3) is 0 Å². The van der Waals surface area contributed by atoms with E-state index in [0.29, 0.717) is 12.6 Å². The average molecular weight is 213 g/mol. The molecular formula is C9H19N5O. The molecule has 0 radical (unpaired) electrons. The number of nitrogens with one attached hydrogen (secondary N) is 1. The lowest BCUT2D eigenvalue weighted by molar-refractivity contribution is -0.0432. The number of rotatable bonds is 2. The fourth-order valence-corrected chi connectivity index (χ4v) is 2.24. The third kappa shape index (κ3) is 2.58. The second-order valence-corrected chi connectivity index (χ2v) is 4.12. The Balaban J connectivity index is 1.80. The van der Waals surface area contributed by atoms with Crippen LogP contribution < -0.4 is 17.0 Å². The van der Waals surface area contributed by atoms with E-state index in [1.807, 2.05) is 0 Å². The van der Waals surface area contributed by atoms with Crippen LogP contribution in [0, 0.1) is 0 Å². The van der Waals surface area contributed by atoms with Crippen molar-refractivity contribution in [1.82, 2.24) is 10.3 Å². The van der Waals surface area contributed by atoms with Crippen LogP contribution in [0.4, 0.5) is 0 Å². The van der Waals surface area contributed by atoms with Gasteiger partial charge in [0, 0.05) is 12.6 Å². The molecule has 0 aromatic heterocycles. The lowest BCUT2D eigenvalue weighted by atomic mass is 10.2. The summed E-state index contributed by atoms with van der Waals surface area (Å²) in [6.07, 6.45) is 2.71. The predicted molar refractivity (Wildman–Crippen MR) is 58.1 cm³/mol. The average Bonchev–Trinajstić information content (AvgIpc) is 2.72. The number of fused-ring (bicyclic) bond motifs is 1. The molecule has 0 aromatic carbocycles. The van der Waals surface area contributed by atoms with Gasteiger partial charge in [0.25, 0.3) is 0 Å². The van der Waals surface area contributed by atoms with Gasteiger partial charge < -0.3 is 10.5 Å². The smallest absolute Gasteiger partial charge is 0.203 e. The first-order chi connectivity index (χ1) is 7.29. The number of hydrogen-bond donors (Lipinski definition) is 3. The summed E-state index contributed by atoms with van der Waals surface area (Å²) < 4.78 is 5.71. The molecule has 2 rings (SSSR count). The molecule has 2 aliphatic rings. The first-order valence-corrected chi connectivity index (χ1v) is 5.42. The summed E-state index contributed by atoms with van der Waals surface area (Å²) in [4.78, 5) is 6.57. The van der Waals surface area contributed by atoms with Crippen LogP contribution in [0.2, 0.25) is 0 Å². The summed E-state index contributed by atoms with van der Waals surface area (Å²) in [6.45, 7) is 3.57. The highest BCUT2D eigenvalue weighted by molar-refractivity contribution is 5.77. The van der Waals surface area contributed by atoms with Gasteiger partial charge in [-0.3, -0.25) is 10.3 Å². The first kappa shape index (κ1) is 10.7. The summed E-state index contributed by atoms with van der Waals surface area (Å²) in [5.41, 5.74) is 7.75. The first-order valence-electron chi connectivity index (χ1n) is 5.42. The minimum Gasteiger partial charge on any atom is -0.373 e. The number of morpholine rings is 1. The van der Waals surface area contributed by atoms with E-state index in [9.17, 15) is 0 Å². The van der Waals surface area contributed by atoms with Gasteiger partial charge in [0.05, 0.1) is 19.3 Å². The van der Waals surface area contributed by atoms with Crippen LogP contribution in [0.5, 0.6) is 0 Å². The molecule has 5 N–H and O–H groups in total. The lowest BCUT2D eigenvalue weighted by Gasteiger charge is -2.34. The quantitative estimate of drug-likeness (QED) is 0.228. The van der Waals surface area contributed by atoms with Gasteiger partial charge in [0.2, 0.25) is 5.96 Å². The summed E-state index contributed by atoms with van der Waals surface area (Å²) in [5.74, 6) is 5.38. The van der Waals surface area contributed by atoms with Crippen molar-refractivity contribution in [1.29, 1.82) is 0 Å². The van der Waals surface area contributed by atoms with Crippen LogP contribution in [-0.2, 0) is 4.74 Å². The molecule has 0 aliphatic carbocycles. The van der Waals surface area contributed by atoms with E-state index >= 15 is 0 Å². The number of hydrogen-bond acceptors (Lipinski definition) is 4. The Hall–Kier alpha value is -0.850. The highest BCUT2D eigenvalue weighted by Crippen LogP contribution is 2.22. The van der Waals surface area contributed by atoms with Crippen molar-refractivity contribution < 1.29 is 4.74 Å². The molecule has 2 saturated heterocycles. The number of nitrogens with zero attached hydrogens (tertiary/aromatic N) is 2. The molecule has 2 aliphatic heterocycles. The van der Waals surface area contributed by atoms with Crippen molar-refractivity contribution in [2.24, 2.45) is 16.6 Å². The van der Waals surface area contributed by atoms with Crippen LogP contribution in [0.15, 0.2) is 4.99 Å². The normalized spacial score (nSPS) is 32.7. The molecule has 0 amide bonds. The topological polar surface area (TPSA) is 88.9 Å². The maximum atomic E-state index is 5.71. The van der Waals surface area contributed by atoms with Gasteiger partial charge in [-0.25, -0.2) is 10.8 Å². The van der Waals surface area contributed by atoms with Crippen molar-refractivity contribution in [2.75, 3.05) is 26.2 Å². The lowest BCUT2D eigenvalue weighted by Crippen LogP contribution is -2.47. The molecule has 15 heavy (non-hydrogen) atoms. The van der Waals surface area contributed by atoms with Crippen LogP contribution in [0.1, 0.15) is 12.8 Å². The molecule has 0 saturated carbocycles. The molecule has 2 heterocycles. The third-order valence-electron chi connectivity index (χ3n) is 3.07. The zero-order chi connectivity index (χ0) is 10.7. The van der Waals surface area contributed by atoms with Gasteiger partial charge >= 0.3 is 0 Å². The van der Waals surface area contributed by atoms with Crippen LogP contribution in [-0.4, -0.2) is 49.2 Å². The molecule has 0 spiro atoms. The largest absolute Gasteiger partial charge is 0.373 e. The van der Waals surface area contributed by atoms with Crippen molar-refractivity contribution in [3.63, 3.8) is 0 Å². The Morgan fingerprint density at radius 2 is 2.47 bits per heavy atom. The van der Waals surface area contributed by atoms with Crippen molar-refractivity contribution >= 4 is 5.96 Å². The summed E-state index contributed by atoms with van der Waals surface area (Å²) in [7, 11) is 0. The Morgan fingerprint density at radius 3 is 3.27 bits per heavy atom. The van der Waals surface area contributed by atoms with Gasteiger partial charge in [-0.05, 0) is 19.4 Å². The van der Waals surface area contributed by atoms with E-state index < -0.39 is 0 Å². The Bertz CT molecular complexity index is 245. The number of hydrazine groups is 1. The molecule has 0 aromatic rings. The monoisotopic (exact) mass is 213 g/mol. The molecule has 2 unspecified atom stereocenters. The van der Waals surface area contributed by atoms with Gasteiger partial charge in [-0.2, -0.15) is 0 Å². The molecule has 2 atom stereocenters. The van der Waals surface area contributed by atoms with E-state index in [2.05, 4.69) is 15.3 Å². The predicted octanol–water partition coefficient (Wildman–Crippen LogP) is -1.37. The van der Waals surface area contributed by atoms with Gasteiger partial charge in [-0.1, -0.05) is 0 Å². The molecule has 6 nitrogen and oxygen atoms in total. The minimum absolute atomic E-state index is 0.159. The maximum absolute atomic E-state index is 5.71. The molecular weight excluding hydrogens is 194 g/mol. The highest BCUT2D eigenvalue weighted by Gasteiger charge is 2.31. The molecule has 0 bridgehead atoms. The fourth-order valence-electron chi connectivity index (χ4n) is 2.24. The Kier molecular flexibility index (Phi) is 3.40.